The number of fused-ring (bicyclic) bond motifs is 2. The number of benzene rings is 2. The van der Waals surface area contributed by atoms with E-state index in [-0.39, 0.29) is 30.0 Å². The smallest absolute Gasteiger partial charge is 0.408 e. The summed E-state index contributed by atoms with van der Waals surface area (Å²) >= 11 is 0. The highest BCUT2D eigenvalue weighted by Crippen LogP contribution is 2.20. The second-order valence-electron chi connectivity index (χ2n) is 11.6. The molecule has 0 radical (unpaired) electrons. The standard InChI is InChI=1S/C19H23NO5.C14H15NO3/c1-11-8-17(22)24-16-10-13(6-7-14(11)16)9-15(21)12(2)20-18(23)25-19(3,4)5;1-8-5-14(17)18-13-7-10(3-4-11(8)13)6-12(16)9(2)15/h6-8,10,12H,9H2,1-5H3,(H,20,23);3-5,7,9H,6,15H2,1-2H3/t12-;9-/m00/s1. The minimum Gasteiger partial charge on any atom is -0.444 e. The van der Waals surface area contributed by atoms with Gasteiger partial charge in [0.1, 0.15) is 16.8 Å². The van der Waals surface area contributed by atoms with E-state index in [1.165, 1.54) is 12.1 Å². The average Bonchev–Trinajstić information content (AvgIpc) is 2.87. The van der Waals surface area contributed by atoms with Crippen LogP contribution in [0.3, 0.4) is 0 Å². The summed E-state index contributed by atoms with van der Waals surface area (Å²) in [6, 6.07) is 12.5. The maximum Gasteiger partial charge on any atom is 0.408 e. The maximum atomic E-state index is 12.3. The maximum absolute atomic E-state index is 12.3. The number of hydrogen-bond donors (Lipinski definition) is 2. The van der Waals surface area contributed by atoms with Gasteiger partial charge in [0.2, 0.25) is 0 Å². The Morgan fingerprint density at radius 3 is 1.65 bits per heavy atom. The van der Waals surface area contributed by atoms with Crippen molar-refractivity contribution in [1.29, 1.82) is 0 Å². The Labute approximate surface area is 249 Å². The second kappa shape index (κ2) is 13.6. The van der Waals surface area contributed by atoms with Crippen LogP contribution in [0.5, 0.6) is 0 Å². The lowest BCUT2D eigenvalue weighted by molar-refractivity contribution is -0.120. The predicted octanol–water partition coefficient (Wildman–Crippen LogP) is 4.69. The number of nitrogens with one attached hydrogen (secondary N) is 1. The highest BCUT2D eigenvalue weighted by molar-refractivity contribution is 5.90. The average molecular weight is 591 g/mol. The van der Waals surface area contributed by atoms with Gasteiger partial charge in [0.25, 0.3) is 0 Å². The normalized spacial score (nSPS) is 12.7. The molecule has 2 aromatic carbocycles. The summed E-state index contributed by atoms with van der Waals surface area (Å²) in [5, 5.41) is 4.24. The second-order valence-corrected chi connectivity index (χ2v) is 11.6. The van der Waals surface area contributed by atoms with Gasteiger partial charge in [0.15, 0.2) is 11.6 Å². The predicted molar refractivity (Wildman–Crippen MR) is 164 cm³/mol. The molecule has 10 nitrogen and oxygen atoms in total. The van der Waals surface area contributed by atoms with Crippen molar-refractivity contribution in [2.24, 2.45) is 5.73 Å². The molecule has 0 aliphatic heterocycles. The van der Waals surface area contributed by atoms with E-state index >= 15 is 0 Å². The molecular formula is C33H38N2O8. The molecule has 0 unspecified atom stereocenters. The Balaban J connectivity index is 0.000000248. The molecule has 1 amide bonds. The van der Waals surface area contributed by atoms with Crippen LogP contribution in [0.4, 0.5) is 4.79 Å². The summed E-state index contributed by atoms with van der Waals surface area (Å²) in [6.45, 7) is 12.2. The molecule has 4 aromatic rings. The number of Topliss-reactive ketones (excluding diaryl/α,β-unsaturated/α-hetero) is 2. The van der Waals surface area contributed by atoms with Crippen LogP contribution in [-0.4, -0.2) is 35.3 Å². The van der Waals surface area contributed by atoms with Crippen LogP contribution in [0.15, 0.2) is 67.0 Å². The molecule has 0 saturated heterocycles. The molecule has 0 saturated carbocycles. The van der Waals surface area contributed by atoms with Crippen molar-refractivity contribution in [3.05, 3.63) is 91.6 Å². The number of carbonyl (C=O) groups is 3. The lowest BCUT2D eigenvalue weighted by atomic mass is 10.0. The molecule has 10 heteroatoms. The van der Waals surface area contributed by atoms with Gasteiger partial charge in [0.05, 0.1) is 12.1 Å². The topological polar surface area (TPSA) is 159 Å². The summed E-state index contributed by atoms with van der Waals surface area (Å²) in [5.74, 6) is -0.204. The molecular weight excluding hydrogens is 552 g/mol. The van der Waals surface area contributed by atoms with Crippen molar-refractivity contribution in [1.82, 2.24) is 5.32 Å². The lowest BCUT2D eigenvalue weighted by Gasteiger charge is -2.21. The third-order valence-corrected chi connectivity index (χ3v) is 6.51. The lowest BCUT2D eigenvalue weighted by Crippen LogP contribution is -2.42. The van der Waals surface area contributed by atoms with E-state index in [9.17, 15) is 24.0 Å². The number of alkyl carbamates (subject to hydrolysis) is 1. The number of carbonyl (C=O) groups excluding carboxylic acids is 3. The molecule has 0 spiro atoms. The van der Waals surface area contributed by atoms with Crippen LogP contribution in [0.2, 0.25) is 0 Å². The summed E-state index contributed by atoms with van der Waals surface area (Å²) in [6.07, 6.45) is -0.260. The third kappa shape index (κ3) is 9.47. The Hall–Kier alpha value is -4.57. The van der Waals surface area contributed by atoms with E-state index in [4.69, 9.17) is 19.3 Å². The molecule has 3 N–H and O–H groups in total. The van der Waals surface area contributed by atoms with Gasteiger partial charge in [-0.15, -0.1) is 0 Å². The number of ketones is 2. The molecule has 0 aliphatic carbocycles. The Kier molecular flexibility index (Phi) is 10.4. The summed E-state index contributed by atoms with van der Waals surface area (Å²) in [7, 11) is 0. The van der Waals surface area contributed by atoms with Crippen LogP contribution in [0.1, 0.15) is 56.9 Å². The fourth-order valence-electron chi connectivity index (χ4n) is 4.24. The molecule has 2 atom stereocenters. The SMILES string of the molecule is Cc1cc(=O)oc2cc(CC(=O)[C@H](C)N)ccc12.Cc1cc(=O)oc2cc(CC(=O)[C@H](C)NC(=O)OC(C)(C)C)ccc12. The molecule has 2 heterocycles. The molecule has 0 bridgehead atoms. The number of aryl methyl sites for hydroxylation is 2. The van der Waals surface area contributed by atoms with Gasteiger partial charge in [-0.3, -0.25) is 9.59 Å². The Morgan fingerprint density at radius 1 is 0.791 bits per heavy atom. The molecule has 4 rings (SSSR count). The monoisotopic (exact) mass is 590 g/mol. The van der Waals surface area contributed by atoms with Gasteiger partial charge in [0, 0.05) is 35.7 Å². The first-order valence-electron chi connectivity index (χ1n) is 13.9. The minimum atomic E-state index is -0.685. The third-order valence-electron chi connectivity index (χ3n) is 6.51. The van der Waals surface area contributed by atoms with Gasteiger partial charge >= 0.3 is 17.3 Å². The van der Waals surface area contributed by atoms with E-state index in [0.29, 0.717) is 16.7 Å². The van der Waals surface area contributed by atoms with Gasteiger partial charge < -0.3 is 24.6 Å². The van der Waals surface area contributed by atoms with Gasteiger partial charge in [-0.2, -0.15) is 0 Å². The van der Waals surface area contributed by atoms with Gasteiger partial charge in [-0.25, -0.2) is 14.4 Å². The van der Waals surface area contributed by atoms with Crippen molar-refractivity contribution in [3.63, 3.8) is 0 Å². The van der Waals surface area contributed by atoms with E-state index in [1.807, 2.05) is 38.1 Å². The van der Waals surface area contributed by atoms with Gasteiger partial charge in [-0.1, -0.05) is 24.3 Å². The first-order valence-corrected chi connectivity index (χ1v) is 13.9. The summed E-state index contributed by atoms with van der Waals surface area (Å²) in [4.78, 5) is 58.4. The van der Waals surface area contributed by atoms with E-state index in [2.05, 4.69) is 5.32 Å². The fraction of sp³-hybridized carbons (Fsp3) is 0.364. The highest BCUT2D eigenvalue weighted by atomic mass is 16.6. The Bertz CT molecular complexity index is 1780. The quantitative estimate of drug-likeness (QED) is 0.291. The first-order chi connectivity index (χ1) is 20.0. The van der Waals surface area contributed by atoms with Crippen LogP contribution in [0, 0.1) is 13.8 Å². The van der Waals surface area contributed by atoms with Crippen molar-refractivity contribution >= 4 is 39.6 Å². The van der Waals surface area contributed by atoms with E-state index < -0.39 is 29.4 Å². The Morgan fingerprint density at radius 2 is 1.23 bits per heavy atom. The number of ether oxygens (including phenoxy) is 1. The minimum absolute atomic E-state index is 0.0376. The largest absolute Gasteiger partial charge is 0.444 e. The van der Waals surface area contributed by atoms with Crippen molar-refractivity contribution in [2.75, 3.05) is 0 Å². The highest BCUT2D eigenvalue weighted by Gasteiger charge is 2.21. The number of rotatable bonds is 7. The molecule has 2 aromatic heterocycles. The van der Waals surface area contributed by atoms with Crippen LogP contribution < -0.4 is 22.3 Å². The molecule has 0 aliphatic rings. The van der Waals surface area contributed by atoms with Crippen molar-refractivity contribution < 1.29 is 28.0 Å². The van der Waals surface area contributed by atoms with Crippen molar-refractivity contribution in [2.45, 2.75) is 79.0 Å². The van der Waals surface area contributed by atoms with Crippen LogP contribution in [0.25, 0.3) is 21.9 Å². The van der Waals surface area contributed by atoms with E-state index in [0.717, 1.165) is 27.5 Å². The first kappa shape index (κ1) is 32.9. The van der Waals surface area contributed by atoms with Gasteiger partial charge in [-0.05, 0) is 82.9 Å². The van der Waals surface area contributed by atoms with Crippen LogP contribution in [-0.2, 0) is 27.2 Å². The molecule has 0 fully saturated rings. The number of nitrogens with two attached hydrogens (primary N) is 1. The number of hydrogen-bond acceptors (Lipinski definition) is 9. The van der Waals surface area contributed by atoms with E-state index in [1.54, 1.807) is 46.8 Å². The summed E-state index contributed by atoms with van der Waals surface area (Å²) in [5.41, 5.74) is 8.26. The van der Waals surface area contributed by atoms with Crippen LogP contribution >= 0.6 is 0 Å². The molecule has 228 valence electrons. The summed E-state index contributed by atoms with van der Waals surface area (Å²) < 4.78 is 15.5. The fourth-order valence-corrected chi connectivity index (χ4v) is 4.24. The zero-order valence-corrected chi connectivity index (χ0v) is 25.5. The van der Waals surface area contributed by atoms with Crippen molar-refractivity contribution in [3.8, 4) is 0 Å². The zero-order valence-electron chi connectivity index (χ0n) is 25.5. The molecule has 43 heavy (non-hydrogen) atoms. The number of amides is 1. The zero-order chi connectivity index (χ0) is 32.1.